The van der Waals surface area contributed by atoms with Gasteiger partial charge in [0, 0.05) is 6.54 Å². The quantitative estimate of drug-likeness (QED) is 0.680. The van der Waals surface area contributed by atoms with Crippen LogP contribution in [0.2, 0.25) is 5.02 Å². The minimum Gasteiger partial charge on any atom is -0.394 e. The van der Waals surface area contributed by atoms with Crippen molar-refractivity contribution in [1.82, 2.24) is 5.32 Å². The highest BCUT2D eigenvalue weighted by Crippen LogP contribution is 2.48. The number of ether oxygens (including phenoxy) is 1. The van der Waals surface area contributed by atoms with Crippen LogP contribution < -0.4 is 5.32 Å². The molecule has 1 aromatic rings. The molecular weight excluding hydrogens is 350 g/mol. The Bertz CT molecular complexity index is 595. The third-order valence-corrected chi connectivity index (χ3v) is 6.09. The molecule has 0 radical (unpaired) electrons. The zero-order valence-corrected chi connectivity index (χ0v) is 15.5. The summed E-state index contributed by atoms with van der Waals surface area (Å²) in [5, 5.41) is 12.4. The number of rotatable bonds is 7. The minimum absolute atomic E-state index is 0. The first-order valence-corrected chi connectivity index (χ1v) is 9.75. The molecular formula is C21H32ClNO3. The summed E-state index contributed by atoms with van der Waals surface area (Å²) in [6, 6.07) is 5.38. The second-order valence-corrected chi connectivity index (χ2v) is 8.03. The summed E-state index contributed by atoms with van der Waals surface area (Å²) in [7, 11) is 0. The molecule has 2 fully saturated rings. The van der Waals surface area contributed by atoms with Crippen LogP contribution in [0.3, 0.4) is 0 Å². The van der Waals surface area contributed by atoms with Crippen LogP contribution in [0.5, 0.6) is 0 Å². The molecule has 5 heteroatoms. The van der Waals surface area contributed by atoms with Crippen molar-refractivity contribution in [3.8, 4) is 0 Å². The second kappa shape index (κ2) is 9.72. The fourth-order valence-electron chi connectivity index (χ4n) is 4.52. The highest BCUT2D eigenvalue weighted by Gasteiger charge is 2.39. The van der Waals surface area contributed by atoms with Crippen LogP contribution in [-0.2, 0) is 11.3 Å². The summed E-state index contributed by atoms with van der Waals surface area (Å²) >= 11 is 6.24. The number of carbonyl (C=O) groups excluding carboxylic acids is 1. The summed E-state index contributed by atoms with van der Waals surface area (Å²) in [6.07, 6.45) is 9.02. The molecule has 0 aliphatic heterocycles. The summed E-state index contributed by atoms with van der Waals surface area (Å²) in [5.41, 5.74) is 1.69. The predicted molar refractivity (Wildman–Crippen MR) is 106 cm³/mol. The molecule has 0 atom stereocenters. The smallest absolute Gasteiger partial charge is 0.252 e. The number of hydrogen-bond donors (Lipinski definition) is 2. The average Bonchev–Trinajstić information content (AvgIpc) is 2.61. The lowest BCUT2D eigenvalue weighted by Crippen LogP contribution is -2.43. The number of carbonyl (C=O) groups is 1. The van der Waals surface area contributed by atoms with E-state index >= 15 is 0 Å². The number of amides is 1. The zero-order valence-electron chi connectivity index (χ0n) is 14.7. The van der Waals surface area contributed by atoms with E-state index in [0.29, 0.717) is 22.6 Å². The minimum atomic E-state index is -0.101. The van der Waals surface area contributed by atoms with Crippen molar-refractivity contribution < 1.29 is 14.6 Å². The maximum atomic E-state index is 12.7. The number of fused-ring (bicyclic) bond motifs is 2. The van der Waals surface area contributed by atoms with Crippen LogP contribution in [0.1, 0.15) is 68.3 Å². The van der Waals surface area contributed by atoms with Gasteiger partial charge in [-0.2, -0.15) is 0 Å². The maximum Gasteiger partial charge on any atom is 0.252 e. The van der Waals surface area contributed by atoms with Gasteiger partial charge in [-0.1, -0.05) is 50.8 Å². The van der Waals surface area contributed by atoms with E-state index in [2.05, 4.69) is 5.32 Å². The number of aliphatic hydroxyl groups is 1. The van der Waals surface area contributed by atoms with E-state index in [1.54, 1.807) is 12.1 Å². The van der Waals surface area contributed by atoms with Gasteiger partial charge in [0.15, 0.2) is 0 Å². The first-order valence-electron chi connectivity index (χ1n) is 9.37. The molecule has 0 saturated heterocycles. The SMILES string of the molecule is C.O=C(NCC12CCCC(CCC1)C2)c1cc(COCCO)ccc1Cl. The van der Waals surface area contributed by atoms with Crippen molar-refractivity contribution in [3.05, 3.63) is 34.3 Å². The molecule has 2 bridgehead atoms. The van der Waals surface area contributed by atoms with Crippen molar-refractivity contribution in [2.75, 3.05) is 19.8 Å². The van der Waals surface area contributed by atoms with Crippen LogP contribution in [0, 0.1) is 11.3 Å². The number of benzene rings is 1. The van der Waals surface area contributed by atoms with E-state index in [9.17, 15) is 4.79 Å². The van der Waals surface area contributed by atoms with Crippen LogP contribution in [-0.4, -0.2) is 30.8 Å². The monoisotopic (exact) mass is 381 g/mol. The second-order valence-electron chi connectivity index (χ2n) is 7.63. The van der Waals surface area contributed by atoms with Gasteiger partial charge >= 0.3 is 0 Å². The topological polar surface area (TPSA) is 58.6 Å². The fraction of sp³-hybridized carbons (Fsp3) is 0.667. The molecule has 3 rings (SSSR count). The molecule has 0 aromatic heterocycles. The Morgan fingerprint density at radius 3 is 2.73 bits per heavy atom. The van der Waals surface area contributed by atoms with Gasteiger partial charge in [-0.15, -0.1) is 0 Å². The highest BCUT2D eigenvalue weighted by molar-refractivity contribution is 6.33. The Labute approximate surface area is 162 Å². The number of nitrogens with one attached hydrogen (secondary N) is 1. The molecule has 1 amide bonds. The van der Waals surface area contributed by atoms with Gasteiger partial charge < -0.3 is 15.2 Å². The predicted octanol–water partition coefficient (Wildman–Crippen LogP) is 4.58. The first-order chi connectivity index (χ1) is 12.1. The Balaban J connectivity index is 0.00000243. The van der Waals surface area contributed by atoms with Gasteiger partial charge in [0.25, 0.3) is 5.91 Å². The van der Waals surface area contributed by atoms with Crippen molar-refractivity contribution >= 4 is 17.5 Å². The normalized spacial score (nSPS) is 24.6. The molecule has 146 valence electrons. The fourth-order valence-corrected chi connectivity index (χ4v) is 4.73. The van der Waals surface area contributed by atoms with E-state index in [1.807, 2.05) is 6.07 Å². The van der Waals surface area contributed by atoms with Gasteiger partial charge in [0.1, 0.15) is 0 Å². The highest BCUT2D eigenvalue weighted by atomic mass is 35.5. The zero-order chi connectivity index (χ0) is 17.7. The van der Waals surface area contributed by atoms with Crippen LogP contribution in [0.15, 0.2) is 18.2 Å². The summed E-state index contributed by atoms with van der Waals surface area (Å²) < 4.78 is 5.33. The molecule has 4 nitrogen and oxygen atoms in total. The van der Waals surface area contributed by atoms with E-state index in [0.717, 1.165) is 18.0 Å². The molecule has 0 spiro atoms. The Morgan fingerprint density at radius 2 is 2.04 bits per heavy atom. The Morgan fingerprint density at radius 1 is 1.31 bits per heavy atom. The van der Waals surface area contributed by atoms with Gasteiger partial charge in [0.2, 0.25) is 0 Å². The molecule has 2 N–H and O–H groups in total. The van der Waals surface area contributed by atoms with Crippen molar-refractivity contribution in [2.45, 2.75) is 59.0 Å². The number of hydrogen-bond acceptors (Lipinski definition) is 3. The van der Waals surface area contributed by atoms with Crippen molar-refractivity contribution in [3.63, 3.8) is 0 Å². The molecule has 2 saturated carbocycles. The van der Waals surface area contributed by atoms with E-state index in [-0.39, 0.29) is 26.5 Å². The molecule has 0 unspecified atom stereocenters. The Hall–Kier alpha value is -1.10. The summed E-state index contributed by atoms with van der Waals surface area (Å²) in [5.74, 6) is 0.756. The van der Waals surface area contributed by atoms with Crippen molar-refractivity contribution in [2.24, 2.45) is 11.3 Å². The number of aliphatic hydroxyl groups excluding tert-OH is 1. The summed E-state index contributed by atoms with van der Waals surface area (Å²) in [4.78, 5) is 12.7. The van der Waals surface area contributed by atoms with Crippen LogP contribution in [0.25, 0.3) is 0 Å². The lowest BCUT2D eigenvalue weighted by molar-refractivity contribution is 0.0681. The average molecular weight is 382 g/mol. The van der Waals surface area contributed by atoms with E-state index in [4.69, 9.17) is 21.4 Å². The van der Waals surface area contributed by atoms with Crippen LogP contribution in [0.4, 0.5) is 0 Å². The molecule has 1 aromatic carbocycles. The molecule has 26 heavy (non-hydrogen) atoms. The van der Waals surface area contributed by atoms with E-state index < -0.39 is 0 Å². The Kier molecular flexibility index (Phi) is 7.93. The largest absolute Gasteiger partial charge is 0.394 e. The lowest BCUT2D eigenvalue weighted by atomic mass is 9.62. The molecule has 0 heterocycles. The maximum absolute atomic E-state index is 12.7. The van der Waals surface area contributed by atoms with Crippen LogP contribution >= 0.6 is 11.6 Å². The standard InChI is InChI=1S/C20H28ClNO3.CH4/c21-18-6-5-16(13-25-10-9-23)11-17(18)19(24)22-14-20-7-1-3-15(12-20)4-2-8-20;/h5-6,11,15,23H,1-4,7-10,12-14H2,(H,22,24);1H4. The van der Waals surface area contributed by atoms with Gasteiger partial charge in [0.05, 0.1) is 30.4 Å². The summed E-state index contributed by atoms with van der Waals surface area (Å²) in [6.45, 7) is 1.39. The third-order valence-electron chi connectivity index (χ3n) is 5.76. The molecule has 2 aliphatic carbocycles. The first kappa shape index (κ1) is 21.2. The van der Waals surface area contributed by atoms with Gasteiger partial charge in [-0.05, 0) is 48.3 Å². The third kappa shape index (κ3) is 5.21. The van der Waals surface area contributed by atoms with Gasteiger partial charge in [-0.3, -0.25) is 4.79 Å². The van der Waals surface area contributed by atoms with Crippen molar-refractivity contribution in [1.29, 1.82) is 0 Å². The molecule has 2 aliphatic rings. The lowest BCUT2D eigenvalue weighted by Gasteiger charge is -2.45. The van der Waals surface area contributed by atoms with E-state index in [1.165, 1.54) is 44.9 Å². The van der Waals surface area contributed by atoms with Gasteiger partial charge in [-0.25, -0.2) is 0 Å². The number of halogens is 1.